The van der Waals surface area contributed by atoms with E-state index in [0.29, 0.717) is 19.4 Å². The normalized spacial score (nSPS) is 15.3. The zero-order valence-electron chi connectivity index (χ0n) is 8.68. The Morgan fingerprint density at radius 1 is 1.38 bits per heavy atom. The molecule has 0 rings (SSSR count). The van der Waals surface area contributed by atoms with Crippen LogP contribution < -0.4 is 5.73 Å². The van der Waals surface area contributed by atoms with Gasteiger partial charge < -0.3 is 10.8 Å². The van der Waals surface area contributed by atoms with Gasteiger partial charge in [0.05, 0.1) is 5.41 Å². The smallest absolute Gasteiger partial charge is 0.309 e. The number of hydrogen-bond donors (Lipinski definition) is 2. The molecule has 3 nitrogen and oxygen atoms in total. The second-order valence-corrected chi connectivity index (χ2v) is 3.58. The molecule has 1 atom stereocenters. The first-order valence-corrected chi connectivity index (χ1v) is 5.06. The van der Waals surface area contributed by atoms with Crippen LogP contribution in [-0.2, 0) is 4.79 Å². The average Bonchev–Trinajstić information content (AvgIpc) is 2.12. The lowest BCUT2D eigenvalue weighted by Gasteiger charge is -2.27. The fourth-order valence-corrected chi connectivity index (χ4v) is 1.76. The Bertz CT molecular complexity index is 159. The van der Waals surface area contributed by atoms with Gasteiger partial charge in [-0.2, -0.15) is 0 Å². The zero-order valence-corrected chi connectivity index (χ0v) is 8.68. The van der Waals surface area contributed by atoms with Crippen molar-refractivity contribution in [2.75, 3.05) is 6.54 Å². The molecule has 0 fully saturated rings. The van der Waals surface area contributed by atoms with Gasteiger partial charge in [-0.15, -0.1) is 0 Å². The number of rotatable bonds is 7. The summed E-state index contributed by atoms with van der Waals surface area (Å²) in [6.45, 7) is 4.55. The maximum absolute atomic E-state index is 11.1. The summed E-state index contributed by atoms with van der Waals surface area (Å²) in [6, 6.07) is 0. The SMILES string of the molecule is CCCC(CC)(CCCN)C(=O)O. The molecule has 0 aromatic rings. The highest BCUT2D eigenvalue weighted by atomic mass is 16.4. The summed E-state index contributed by atoms with van der Waals surface area (Å²) in [6.07, 6.45) is 3.91. The highest BCUT2D eigenvalue weighted by Crippen LogP contribution is 2.33. The van der Waals surface area contributed by atoms with Gasteiger partial charge in [-0.3, -0.25) is 4.79 Å². The van der Waals surface area contributed by atoms with E-state index in [1.165, 1.54) is 0 Å². The van der Waals surface area contributed by atoms with Crippen LogP contribution in [0, 0.1) is 5.41 Å². The van der Waals surface area contributed by atoms with Crippen LogP contribution in [0.25, 0.3) is 0 Å². The first-order valence-electron chi connectivity index (χ1n) is 5.06. The lowest BCUT2D eigenvalue weighted by molar-refractivity contribution is -0.150. The van der Waals surface area contributed by atoms with Crippen molar-refractivity contribution in [2.45, 2.75) is 46.0 Å². The summed E-state index contributed by atoms with van der Waals surface area (Å²) in [7, 11) is 0. The summed E-state index contributed by atoms with van der Waals surface area (Å²) in [5.74, 6) is -0.662. The second kappa shape index (κ2) is 5.97. The minimum absolute atomic E-state index is 0.520. The largest absolute Gasteiger partial charge is 0.481 e. The predicted octanol–water partition coefficient (Wildman–Crippen LogP) is 2.01. The number of carboxylic acids is 1. The van der Waals surface area contributed by atoms with Gasteiger partial charge in [0.2, 0.25) is 0 Å². The minimum Gasteiger partial charge on any atom is -0.481 e. The van der Waals surface area contributed by atoms with E-state index in [4.69, 9.17) is 10.8 Å². The lowest BCUT2D eigenvalue weighted by atomic mass is 9.77. The van der Waals surface area contributed by atoms with Crippen molar-refractivity contribution in [1.82, 2.24) is 0 Å². The first-order chi connectivity index (χ1) is 6.13. The monoisotopic (exact) mass is 187 g/mol. The van der Waals surface area contributed by atoms with Gasteiger partial charge >= 0.3 is 5.97 Å². The highest BCUT2D eigenvalue weighted by molar-refractivity contribution is 5.74. The van der Waals surface area contributed by atoms with Crippen molar-refractivity contribution in [3.05, 3.63) is 0 Å². The Kier molecular flexibility index (Phi) is 5.71. The van der Waals surface area contributed by atoms with Gasteiger partial charge in [0.1, 0.15) is 0 Å². The molecule has 0 aliphatic rings. The summed E-state index contributed by atoms with van der Waals surface area (Å²) in [5, 5.41) is 9.14. The van der Waals surface area contributed by atoms with Gasteiger partial charge in [0, 0.05) is 0 Å². The fraction of sp³-hybridized carbons (Fsp3) is 0.900. The van der Waals surface area contributed by atoms with Crippen LogP contribution in [-0.4, -0.2) is 17.6 Å². The van der Waals surface area contributed by atoms with Crippen molar-refractivity contribution in [2.24, 2.45) is 11.1 Å². The van der Waals surface area contributed by atoms with Crippen molar-refractivity contribution >= 4 is 5.97 Å². The van der Waals surface area contributed by atoms with Crippen molar-refractivity contribution in [1.29, 1.82) is 0 Å². The molecule has 1 unspecified atom stereocenters. The van der Waals surface area contributed by atoms with Crippen LogP contribution in [0.5, 0.6) is 0 Å². The highest BCUT2D eigenvalue weighted by Gasteiger charge is 2.34. The van der Waals surface area contributed by atoms with Crippen molar-refractivity contribution < 1.29 is 9.90 Å². The summed E-state index contributed by atoms with van der Waals surface area (Å²) >= 11 is 0. The maximum atomic E-state index is 11.1. The van der Waals surface area contributed by atoms with Gasteiger partial charge in [0.25, 0.3) is 0 Å². The van der Waals surface area contributed by atoms with Gasteiger partial charge in [0.15, 0.2) is 0 Å². The number of nitrogens with two attached hydrogens (primary N) is 1. The Labute approximate surface area is 80.3 Å². The van der Waals surface area contributed by atoms with Gasteiger partial charge in [-0.1, -0.05) is 20.3 Å². The number of carboxylic acid groups (broad SMARTS) is 1. The van der Waals surface area contributed by atoms with Crippen LogP contribution >= 0.6 is 0 Å². The molecule has 0 aliphatic carbocycles. The third-order valence-corrected chi connectivity index (χ3v) is 2.72. The molecule has 78 valence electrons. The summed E-state index contributed by atoms with van der Waals surface area (Å²) in [4.78, 5) is 11.1. The molecule has 0 spiro atoms. The summed E-state index contributed by atoms with van der Waals surface area (Å²) in [5.41, 5.74) is 4.87. The second-order valence-electron chi connectivity index (χ2n) is 3.58. The van der Waals surface area contributed by atoms with Crippen LogP contribution in [0.1, 0.15) is 46.0 Å². The quantitative estimate of drug-likeness (QED) is 0.640. The van der Waals surface area contributed by atoms with Crippen molar-refractivity contribution in [3.8, 4) is 0 Å². The molecule has 13 heavy (non-hydrogen) atoms. The van der Waals surface area contributed by atoms with E-state index >= 15 is 0 Å². The number of hydrogen-bond acceptors (Lipinski definition) is 2. The Morgan fingerprint density at radius 3 is 2.31 bits per heavy atom. The van der Waals surface area contributed by atoms with Gasteiger partial charge in [-0.05, 0) is 32.2 Å². The molecule has 0 aliphatic heterocycles. The fourth-order valence-electron chi connectivity index (χ4n) is 1.76. The van der Waals surface area contributed by atoms with Crippen LogP contribution in [0.2, 0.25) is 0 Å². The van der Waals surface area contributed by atoms with E-state index in [0.717, 1.165) is 19.3 Å². The Balaban J connectivity index is 4.35. The maximum Gasteiger partial charge on any atom is 0.309 e. The molecule has 0 saturated heterocycles. The van der Waals surface area contributed by atoms with E-state index < -0.39 is 11.4 Å². The molecule has 0 saturated carbocycles. The lowest BCUT2D eigenvalue weighted by Crippen LogP contribution is -2.30. The third-order valence-electron chi connectivity index (χ3n) is 2.72. The van der Waals surface area contributed by atoms with E-state index in [-0.39, 0.29) is 0 Å². The molecule has 0 aromatic heterocycles. The number of aliphatic carboxylic acids is 1. The molecule has 0 radical (unpaired) electrons. The summed E-state index contributed by atoms with van der Waals surface area (Å²) < 4.78 is 0. The Hall–Kier alpha value is -0.570. The standard InChI is InChI=1S/C10H21NO2/c1-3-6-10(4-2,9(12)13)7-5-8-11/h3-8,11H2,1-2H3,(H,12,13). The molecule has 0 aromatic carbocycles. The molecule has 3 heteroatoms. The third kappa shape index (κ3) is 3.35. The van der Waals surface area contributed by atoms with Gasteiger partial charge in [-0.25, -0.2) is 0 Å². The van der Waals surface area contributed by atoms with E-state index in [9.17, 15) is 4.79 Å². The topological polar surface area (TPSA) is 63.3 Å². The average molecular weight is 187 g/mol. The van der Waals surface area contributed by atoms with E-state index in [1.807, 2.05) is 13.8 Å². The molecular formula is C10H21NO2. The van der Waals surface area contributed by atoms with E-state index in [1.54, 1.807) is 0 Å². The molecule has 3 N–H and O–H groups in total. The zero-order chi connectivity index (χ0) is 10.3. The van der Waals surface area contributed by atoms with Crippen LogP contribution in [0.15, 0.2) is 0 Å². The Morgan fingerprint density at radius 2 is 2.00 bits per heavy atom. The number of carbonyl (C=O) groups is 1. The molecule has 0 amide bonds. The minimum atomic E-state index is -0.662. The van der Waals surface area contributed by atoms with Crippen LogP contribution in [0.3, 0.4) is 0 Å². The van der Waals surface area contributed by atoms with Crippen molar-refractivity contribution in [3.63, 3.8) is 0 Å². The first kappa shape index (κ1) is 12.4. The van der Waals surface area contributed by atoms with Crippen LogP contribution in [0.4, 0.5) is 0 Å². The van der Waals surface area contributed by atoms with E-state index in [2.05, 4.69) is 0 Å². The molecule has 0 bridgehead atoms. The predicted molar refractivity (Wildman–Crippen MR) is 53.6 cm³/mol. The molecular weight excluding hydrogens is 166 g/mol. The molecule has 0 heterocycles.